The van der Waals surface area contributed by atoms with Crippen molar-refractivity contribution in [2.45, 2.75) is 40.2 Å². The molecular formula is C19H30N4O. The van der Waals surface area contributed by atoms with Gasteiger partial charge in [0.25, 0.3) is 0 Å². The van der Waals surface area contributed by atoms with Gasteiger partial charge in [-0.05, 0) is 32.5 Å². The van der Waals surface area contributed by atoms with Gasteiger partial charge in [0.15, 0.2) is 0 Å². The molecule has 1 aliphatic rings. The van der Waals surface area contributed by atoms with Crippen molar-refractivity contribution in [2.75, 3.05) is 33.2 Å². The highest BCUT2D eigenvalue weighted by Crippen LogP contribution is 2.24. The molecule has 0 aliphatic carbocycles. The van der Waals surface area contributed by atoms with Gasteiger partial charge in [-0.25, -0.2) is 0 Å². The molecule has 2 aromatic rings. The molecule has 1 atom stereocenters. The molecule has 1 saturated heterocycles. The SMILES string of the molecule is CCC.Cc1cn([C@H](C)C(=O)N2CCN(C)CC2)c2ccncc12. The molecule has 0 N–H and O–H groups in total. The molecule has 0 aromatic carbocycles. The van der Waals surface area contributed by atoms with E-state index in [-0.39, 0.29) is 11.9 Å². The minimum atomic E-state index is -0.174. The highest BCUT2D eigenvalue weighted by atomic mass is 16.2. The van der Waals surface area contributed by atoms with Crippen molar-refractivity contribution >= 4 is 16.8 Å². The van der Waals surface area contributed by atoms with Crippen molar-refractivity contribution in [1.29, 1.82) is 0 Å². The van der Waals surface area contributed by atoms with Crippen LogP contribution >= 0.6 is 0 Å². The lowest BCUT2D eigenvalue weighted by Gasteiger charge is -2.34. The number of likely N-dealkylation sites (N-methyl/N-ethyl adjacent to an activating group) is 1. The molecule has 24 heavy (non-hydrogen) atoms. The number of aryl methyl sites for hydroxylation is 1. The standard InChI is InChI=1S/C16H22N4O.C3H8/c1-12-11-20(15-4-5-17-10-14(12)15)13(2)16(21)19-8-6-18(3)7-9-19;1-3-2/h4-5,10-11,13H,6-9H2,1-3H3;3H2,1-2H3/t13-;/m1./s1. The summed E-state index contributed by atoms with van der Waals surface area (Å²) in [6.07, 6.45) is 6.96. The molecule has 132 valence electrons. The number of aromatic nitrogens is 2. The van der Waals surface area contributed by atoms with E-state index in [1.165, 1.54) is 6.42 Å². The van der Waals surface area contributed by atoms with Gasteiger partial charge >= 0.3 is 0 Å². The van der Waals surface area contributed by atoms with E-state index in [1.54, 1.807) is 6.20 Å². The summed E-state index contributed by atoms with van der Waals surface area (Å²) >= 11 is 0. The number of fused-ring (bicyclic) bond motifs is 1. The summed E-state index contributed by atoms with van der Waals surface area (Å²) in [5, 5.41) is 1.12. The van der Waals surface area contributed by atoms with Crippen LogP contribution in [0.2, 0.25) is 0 Å². The summed E-state index contributed by atoms with van der Waals surface area (Å²) < 4.78 is 2.08. The van der Waals surface area contributed by atoms with Crippen molar-refractivity contribution in [2.24, 2.45) is 0 Å². The van der Waals surface area contributed by atoms with E-state index in [9.17, 15) is 4.79 Å². The molecule has 0 bridgehead atoms. The van der Waals surface area contributed by atoms with E-state index in [2.05, 4.69) is 48.5 Å². The summed E-state index contributed by atoms with van der Waals surface area (Å²) in [7, 11) is 2.10. The molecule has 3 heterocycles. The Bertz CT molecular complexity index is 671. The number of amides is 1. The average molecular weight is 330 g/mol. The molecule has 0 spiro atoms. The van der Waals surface area contributed by atoms with Gasteiger partial charge in [-0.15, -0.1) is 0 Å². The quantitative estimate of drug-likeness (QED) is 0.850. The van der Waals surface area contributed by atoms with Crippen LogP contribution in [0.3, 0.4) is 0 Å². The van der Waals surface area contributed by atoms with E-state index in [0.29, 0.717) is 0 Å². The van der Waals surface area contributed by atoms with E-state index in [0.717, 1.165) is 42.6 Å². The molecule has 5 nitrogen and oxygen atoms in total. The molecular weight excluding hydrogens is 300 g/mol. The van der Waals surface area contributed by atoms with Crippen LogP contribution in [0.1, 0.15) is 38.8 Å². The third-order valence-electron chi connectivity index (χ3n) is 4.42. The predicted octanol–water partition coefficient (Wildman–Crippen LogP) is 3.10. The molecule has 0 unspecified atom stereocenters. The Kier molecular flexibility index (Phi) is 6.37. The number of rotatable bonds is 2. The number of nitrogens with zero attached hydrogens (tertiary/aromatic N) is 4. The molecule has 1 fully saturated rings. The fraction of sp³-hybridized carbons (Fsp3) is 0.579. The molecule has 1 aliphatic heterocycles. The Morgan fingerprint density at radius 3 is 2.50 bits per heavy atom. The van der Waals surface area contributed by atoms with E-state index in [1.807, 2.05) is 24.1 Å². The first kappa shape index (κ1) is 18.5. The summed E-state index contributed by atoms with van der Waals surface area (Å²) in [6.45, 7) is 11.8. The second kappa shape index (κ2) is 8.29. The Hall–Kier alpha value is -1.88. The van der Waals surface area contributed by atoms with Gasteiger partial charge < -0.3 is 14.4 Å². The van der Waals surface area contributed by atoms with Gasteiger partial charge in [-0.2, -0.15) is 0 Å². The lowest BCUT2D eigenvalue weighted by atomic mass is 10.2. The van der Waals surface area contributed by atoms with E-state index in [4.69, 9.17) is 0 Å². The monoisotopic (exact) mass is 330 g/mol. The second-order valence-electron chi connectivity index (χ2n) is 6.62. The molecule has 0 saturated carbocycles. The number of hydrogen-bond donors (Lipinski definition) is 0. The van der Waals surface area contributed by atoms with Crippen molar-refractivity contribution in [3.8, 4) is 0 Å². The second-order valence-corrected chi connectivity index (χ2v) is 6.62. The minimum absolute atomic E-state index is 0.174. The number of pyridine rings is 1. The van der Waals surface area contributed by atoms with Crippen LogP contribution in [-0.2, 0) is 4.79 Å². The summed E-state index contributed by atoms with van der Waals surface area (Å²) in [5.41, 5.74) is 2.24. The number of hydrogen-bond acceptors (Lipinski definition) is 3. The molecule has 3 rings (SSSR count). The van der Waals surface area contributed by atoms with Crippen molar-refractivity contribution in [3.05, 3.63) is 30.2 Å². The molecule has 1 amide bonds. The zero-order valence-electron chi connectivity index (χ0n) is 15.6. The van der Waals surface area contributed by atoms with Crippen LogP contribution in [0, 0.1) is 6.92 Å². The predicted molar refractivity (Wildman–Crippen MR) is 99.2 cm³/mol. The van der Waals surface area contributed by atoms with Crippen LogP contribution in [0.5, 0.6) is 0 Å². The maximum atomic E-state index is 12.7. The Morgan fingerprint density at radius 2 is 1.88 bits per heavy atom. The van der Waals surface area contributed by atoms with Crippen molar-refractivity contribution in [3.63, 3.8) is 0 Å². The van der Waals surface area contributed by atoms with Crippen molar-refractivity contribution < 1.29 is 4.79 Å². The maximum Gasteiger partial charge on any atom is 0.245 e. The van der Waals surface area contributed by atoms with Gasteiger partial charge in [0, 0.05) is 50.2 Å². The smallest absolute Gasteiger partial charge is 0.245 e. The third-order valence-corrected chi connectivity index (χ3v) is 4.42. The number of carbonyl (C=O) groups is 1. The highest BCUT2D eigenvalue weighted by molar-refractivity contribution is 5.87. The average Bonchev–Trinajstić information content (AvgIpc) is 2.92. The fourth-order valence-corrected chi connectivity index (χ4v) is 2.99. The lowest BCUT2D eigenvalue weighted by Crippen LogP contribution is -2.48. The lowest BCUT2D eigenvalue weighted by molar-refractivity contribution is -0.135. The zero-order chi connectivity index (χ0) is 17.7. The normalized spacial score (nSPS) is 16.6. The summed E-state index contributed by atoms with van der Waals surface area (Å²) in [5.74, 6) is 0.205. The van der Waals surface area contributed by atoms with Gasteiger partial charge in [-0.3, -0.25) is 9.78 Å². The van der Waals surface area contributed by atoms with Crippen LogP contribution in [0.15, 0.2) is 24.7 Å². The Morgan fingerprint density at radius 1 is 1.25 bits per heavy atom. The number of carbonyl (C=O) groups excluding carboxylic acids is 1. The van der Waals surface area contributed by atoms with Gasteiger partial charge in [0.2, 0.25) is 5.91 Å². The van der Waals surface area contributed by atoms with Gasteiger partial charge in [0.1, 0.15) is 6.04 Å². The molecule has 2 aromatic heterocycles. The van der Waals surface area contributed by atoms with Gasteiger partial charge in [0.05, 0.1) is 5.52 Å². The van der Waals surface area contributed by atoms with Crippen LogP contribution in [0.25, 0.3) is 10.9 Å². The van der Waals surface area contributed by atoms with E-state index >= 15 is 0 Å². The summed E-state index contributed by atoms with van der Waals surface area (Å²) in [4.78, 5) is 21.1. The van der Waals surface area contributed by atoms with Gasteiger partial charge in [-0.1, -0.05) is 20.3 Å². The maximum absolute atomic E-state index is 12.7. The molecule has 5 heteroatoms. The minimum Gasteiger partial charge on any atom is -0.338 e. The number of piperazine rings is 1. The largest absolute Gasteiger partial charge is 0.338 e. The first-order chi connectivity index (χ1) is 11.5. The first-order valence-corrected chi connectivity index (χ1v) is 8.88. The first-order valence-electron chi connectivity index (χ1n) is 8.88. The van der Waals surface area contributed by atoms with Crippen LogP contribution in [-0.4, -0.2) is 58.5 Å². The fourth-order valence-electron chi connectivity index (χ4n) is 2.99. The topological polar surface area (TPSA) is 41.4 Å². The van der Waals surface area contributed by atoms with Crippen LogP contribution in [0.4, 0.5) is 0 Å². The third kappa shape index (κ3) is 3.96. The Balaban J connectivity index is 0.000000647. The zero-order valence-corrected chi connectivity index (χ0v) is 15.6. The Labute approximate surface area is 145 Å². The van der Waals surface area contributed by atoms with Crippen LogP contribution < -0.4 is 0 Å². The highest BCUT2D eigenvalue weighted by Gasteiger charge is 2.25. The molecule has 0 radical (unpaired) electrons. The van der Waals surface area contributed by atoms with E-state index < -0.39 is 0 Å². The summed E-state index contributed by atoms with van der Waals surface area (Å²) in [6, 6.07) is 1.81. The van der Waals surface area contributed by atoms with Crippen molar-refractivity contribution in [1.82, 2.24) is 19.4 Å².